The van der Waals surface area contributed by atoms with Gasteiger partial charge in [0.15, 0.2) is 0 Å². The van der Waals surface area contributed by atoms with Gasteiger partial charge in [0, 0.05) is 11.3 Å². The van der Waals surface area contributed by atoms with Gasteiger partial charge in [0.1, 0.15) is 0 Å². The van der Waals surface area contributed by atoms with Crippen molar-refractivity contribution in [3.63, 3.8) is 0 Å². The minimum Gasteiger partial charge on any atom is -0.343 e. The molecule has 0 saturated carbocycles. The fraction of sp³-hybridized carbons (Fsp3) is 0.125. The lowest BCUT2D eigenvalue weighted by Crippen LogP contribution is -2.33. The molecule has 0 unspecified atom stereocenters. The van der Waals surface area contributed by atoms with Gasteiger partial charge in [-0.05, 0) is 30.7 Å². The van der Waals surface area contributed by atoms with E-state index in [1.54, 1.807) is 24.3 Å². The van der Waals surface area contributed by atoms with Gasteiger partial charge >= 0.3 is 0 Å². The van der Waals surface area contributed by atoms with Crippen molar-refractivity contribution in [1.82, 2.24) is 5.32 Å². The lowest BCUT2D eigenvalue weighted by atomic mass is 10.1. The van der Waals surface area contributed by atoms with Crippen LogP contribution in [0.15, 0.2) is 54.6 Å². The normalized spacial score (nSPS) is 9.85. The maximum absolute atomic E-state index is 11.9. The molecule has 0 saturated heterocycles. The lowest BCUT2D eigenvalue weighted by Gasteiger charge is -2.08. The smallest absolute Gasteiger partial charge is 0.251 e. The van der Waals surface area contributed by atoms with Crippen LogP contribution in [0.3, 0.4) is 0 Å². The van der Waals surface area contributed by atoms with Crippen molar-refractivity contribution >= 4 is 17.5 Å². The molecule has 4 heteroatoms. The Kier molecular flexibility index (Phi) is 4.50. The second kappa shape index (κ2) is 6.52. The lowest BCUT2D eigenvalue weighted by molar-refractivity contribution is -0.115. The zero-order valence-electron chi connectivity index (χ0n) is 11.2. The fourth-order valence-corrected chi connectivity index (χ4v) is 1.81. The zero-order chi connectivity index (χ0) is 14.4. The number of hydrogen-bond donors (Lipinski definition) is 2. The van der Waals surface area contributed by atoms with Crippen LogP contribution in [-0.4, -0.2) is 18.4 Å². The van der Waals surface area contributed by atoms with Crippen molar-refractivity contribution in [2.45, 2.75) is 6.92 Å². The van der Waals surface area contributed by atoms with E-state index in [-0.39, 0.29) is 18.4 Å². The third-order valence-electron chi connectivity index (χ3n) is 2.86. The summed E-state index contributed by atoms with van der Waals surface area (Å²) in [6.07, 6.45) is 0. The van der Waals surface area contributed by atoms with Crippen LogP contribution < -0.4 is 10.6 Å². The summed E-state index contributed by atoms with van der Waals surface area (Å²) >= 11 is 0. The molecule has 0 aromatic heterocycles. The van der Waals surface area contributed by atoms with E-state index in [0.29, 0.717) is 11.3 Å². The van der Waals surface area contributed by atoms with Crippen molar-refractivity contribution in [1.29, 1.82) is 0 Å². The number of hydrogen-bond acceptors (Lipinski definition) is 2. The summed E-state index contributed by atoms with van der Waals surface area (Å²) in [6.45, 7) is 1.81. The first-order valence-electron chi connectivity index (χ1n) is 6.35. The Hall–Kier alpha value is -2.62. The summed E-state index contributed by atoms with van der Waals surface area (Å²) in [4.78, 5) is 23.6. The maximum Gasteiger partial charge on any atom is 0.251 e. The Bertz CT molecular complexity index is 609. The Balaban J connectivity index is 1.88. The van der Waals surface area contributed by atoms with E-state index in [2.05, 4.69) is 10.6 Å². The summed E-state index contributed by atoms with van der Waals surface area (Å²) in [5.74, 6) is -0.496. The number of rotatable bonds is 4. The molecule has 0 spiro atoms. The Morgan fingerprint density at radius 3 is 2.30 bits per heavy atom. The number of amides is 2. The van der Waals surface area contributed by atoms with E-state index in [1.807, 2.05) is 37.3 Å². The number of benzene rings is 2. The van der Waals surface area contributed by atoms with Gasteiger partial charge in [0.2, 0.25) is 5.91 Å². The molecule has 0 aliphatic heterocycles. The minimum absolute atomic E-state index is 0.0535. The van der Waals surface area contributed by atoms with E-state index < -0.39 is 0 Å². The van der Waals surface area contributed by atoms with E-state index in [1.165, 1.54) is 0 Å². The monoisotopic (exact) mass is 268 g/mol. The van der Waals surface area contributed by atoms with Crippen LogP contribution in [0.1, 0.15) is 15.9 Å². The summed E-state index contributed by atoms with van der Waals surface area (Å²) in [5, 5.41) is 5.32. The van der Waals surface area contributed by atoms with Crippen molar-refractivity contribution < 1.29 is 9.59 Å². The molecule has 0 atom stereocenters. The molecule has 2 aromatic carbocycles. The molecular formula is C16H16N2O2. The van der Waals surface area contributed by atoms with Gasteiger partial charge in [0.05, 0.1) is 6.54 Å². The highest BCUT2D eigenvalue weighted by molar-refractivity contribution is 6.00. The highest BCUT2D eigenvalue weighted by Gasteiger charge is 2.09. The molecule has 0 aliphatic carbocycles. The maximum atomic E-state index is 11.9. The van der Waals surface area contributed by atoms with Crippen LogP contribution in [0.2, 0.25) is 0 Å². The summed E-state index contributed by atoms with van der Waals surface area (Å²) in [5.41, 5.74) is 2.18. The van der Waals surface area contributed by atoms with Gasteiger partial charge < -0.3 is 10.6 Å². The van der Waals surface area contributed by atoms with Crippen LogP contribution >= 0.6 is 0 Å². The molecule has 0 radical (unpaired) electrons. The van der Waals surface area contributed by atoms with Gasteiger partial charge in [-0.1, -0.05) is 36.4 Å². The van der Waals surface area contributed by atoms with Crippen LogP contribution in [0.25, 0.3) is 0 Å². The van der Waals surface area contributed by atoms with Gasteiger partial charge in [-0.3, -0.25) is 9.59 Å². The highest BCUT2D eigenvalue weighted by Crippen LogP contribution is 2.07. The Labute approximate surface area is 117 Å². The number of aryl methyl sites for hydroxylation is 1. The second-order valence-corrected chi connectivity index (χ2v) is 4.41. The highest BCUT2D eigenvalue weighted by atomic mass is 16.2. The average Bonchev–Trinajstić information content (AvgIpc) is 2.46. The largest absolute Gasteiger partial charge is 0.343 e. The van der Waals surface area contributed by atoms with E-state index in [4.69, 9.17) is 0 Å². The molecule has 0 heterocycles. The van der Waals surface area contributed by atoms with E-state index >= 15 is 0 Å². The predicted molar refractivity (Wildman–Crippen MR) is 78.6 cm³/mol. The van der Waals surface area contributed by atoms with Crippen molar-refractivity contribution in [2.24, 2.45) is 0 Å². The van der Waals surface area contributed by atoms with Crippen molar-refractivity contribution in [3.05, 3.63) is 65.7 Å². The Morgan fingerprint density at radius 2 is 1.60 bits per heavy atom. The third-order valence-corrected chi connectivity index (χ3v) is 2.86. The summed E-state index contributed by atoms with van der Waals surface area (Å²) < 4.78 is 0. The van der Waals surface area contributed by atoms with Crippen LogP contribution in [0.4, 0.5) is 5.69 Å². The van der Waals surface area contributed by atoms with Gasteiger partial charge in [-0.15, -0.1) is 0 Å². The molecule has 2 rings (SSSR count). The number of para-hydroxylation sites is 1. The Morgan fingerprint density at radius 1 is 0.950 bits per heavy atom. The van der Waals surface area contributed by atoms with Crippen LogP contribution in [0.5, 0.6) is 0 Å². The third kappa shape index (κ3) is 3.68. The number of carbonyl (C=O) groups is 2. The van der Waals surface area contributed by atoms with Gasteiger partial charge in [-0.25, -0.2) is 0 Å². The molecule has 0 aliphatic rings. The van der Waals surface area contributed by atoms with Crippen LogP contribution in [-0.2, 0) is 4.79 Å². The zero-order valence-corrected chi connectivity index (χ0v) is 11.2. The van der Waals surface area contributed by atoms with Crippen molar-refractivity contribution in [3.8, 4) is 0 Å². The minimum atomic E-state index is -0.252. The number of carbonyl (C=O) groups excluding carboxylic acids is 2. The molecule has 102 valence electrons. The second-order valence-electron chi connectivity index (χ2n) is 4.41. The average molecular weight is 268 g/mol. The fourth-order valence-electron chi connectivity index (χ4n) is 1.81. The first kappa shape index (κ1) is 13.8. The summed E-state index contributed by atoms with van der Waals surface area (Å²) in [6, 6.07) is 16.4. The van der Waals surface area contributed by atoms with Gasteiger partial charge in [0.25, 0.3) is 5.91 Å². The molecule has 0 bridgehead atoms. The number of anilines is 1. The van der Waals surface area contributed by atoms with E-state index in [0.717, 1.165) is 5.56 Å². The quantitative estimate of drug-likeness (QED) is 0.894. The topological polar surface area (TPSA) is 58.2 Å². The van der Waals surface area contributed by atoms with Gasteiger partial charge in [-0.2, -0.15) is 0 Å². The summed E-state index contributed by atoms with van der Waals surface area (Å²) in [7, 11) is 0. The first-order valence-corrected chi connectivity index (χ1v) is 6.35. The molecule has 4 nitrogen and oxygen atoms in total. The van der Waals surface area contributed by atoms with E-state index in [9.17, 15) is 9.59 Å². The first-order chi connectivity index (χ1) is 9.66. The van der Waals surface area contributed by atoms with Crippen molar-refractivity contribution in [2.75, 3.05) is 11.9 Å². The molecular weight excluding hydrogens is 252 g/mol. The predicted octanol–water partition coefficient (Wildman–Crippen LogP) is 2.36. The van der Waals surface area contributed by atoms with Crippen LogP contribution in [0, 0.1) is 6.92 Å². The molecule has 2 aromatic rings. The molecule has 2 amide bonds. The molecule has 0 fully saturated rings. The molecule has 2 N–H and O–H groups in total. The standard InChI is InChI=1S/C16H16N2O2/c1-12-7-5-6-10-14(12)16(20)17-11-15(19)18-13-8-3-2-4-9-13/h2-10H,11H2,1H3,(H,17,20)(H,18,19). The molecule has 20 heavy (non-hydrogen) atoms. The number of nitrogens with one attached hydrogen (secondary N) is 2. The SMILES string of the molecule is Cc1ccccc1C(=O)NCC(=O)Nc1ccccc1.